The molecule has 1 rings (SSSR count). The van der Waals surface area contributed by atoms with Gasteiger partial charge in [-0.1, -0.05) is 0 Å². The maximum Gasteiger partial charge on any atom is 0.184 e. The predicted molar refractivity (Wildman–Crippen MR) is 61.2 cm³/mol. The summed E-state index contributed by atoms with van der Waals surface area (Å²) in [6.45, 7) is 6.00. The molecule has 0 aliphatic heterocycles. The van der Waals surface area contributed by atoms with Crippen molar-refractivity contribution in [1.82, 2.24) is 0 Å². The number of anilines is 1. The highest BCUT2D eigenvalue weighted by molar-refractivity contribution is 5.64. The summed E-state index contributed by atoms with van der Waals surface area (Å²) in [5.74, 6) is 0.905. The second-order valence-corrected chi connectivity index (χ2v) is 3.65. The maximum atomic E-state index is 8.87. The summed E-state index contributed by atoms with van der Waals surface area (Å²) in [5.41, 5.74) is 4.17. The molecule has 0 unspecified atom stereocenters. The van der Waals surface area contributed by atoms with Gasteiger partial charge in [0.15, 0.2) is 6.19 Å². The average molecular weight is 204 g/mol. The number of nitriles is 1. The highest BCUT2D eigenvalue weighted by Crippen LogP contribution is 2.32. The van der Waals surface area contributed by atoms with E-state index in [9.17, 15) is 0 Å². The SMILES string of the molecule is COc1c(C)cc(N(C)C#N)c(C)c1C. The second kappa shape index (κ2) is 4.22. The van der Waals surface area contributed by atoms with E-state index in [1.54, 1.807) is 19.1 Å². The quantitative estimate of drug-likeness (QED) is 0.548. The Morgan fingerprint density at radius 2 is 1.87 bits per heavy atom. The summed E-state index contributed by atoms with van der Waals surface area (Å²) in [5, 5.41) is 8.87. The van der Waals surface area contributed by atoms with Crippen molar-refractivity contribution in [3.05, 3.63) is 22.8 Å². The summed E-state index contributed by atoms with van der Waals surface area (Å²) < 4.78 is 5.32. The van der Waals surface area contributed by atoms with E-state index in [0.717, 1.165) is 28.1 Å². The van der Waals surface area contributed by atoms with Crippen LogP contribution < -0.4 is 9.64 Å². The van der Waals surface area contributed by atoms with Crippen molar-refractivity contribution in [1.29, 1.82) is 5.26 Å². The van der Waals surface area contributed by atoms with Gasteiger partial charge in [-0.2, -0.15) is 5.26 Å². The molecular weight excluding hydrogens is 188 g/mol. The van der Waals surface area contributed by atoms with Crippen LogP contribution in [0.4, 0.5) is 5.69 Å². The summed E-state index contributed by atoms with van der Waals surface area (Å²) in [6.07, 6.45) is 2.11. The molecule has 0 saturated carbocycles. The standard InChI is InChI=1S/C12H16N2O/c1-8-6-11(14(4)7-13)9(2)10(3)12(8)15-5/h6H,1-5H3. The Labute approximate surface area is 90.9 Å². The second-order valence-electron chi connectivity index (χ2n) is 3.65. The smallest absolute Gasteiger partial charge is 0.184 e. The molecule has 0 N–H and O–H groups in total. The lowest BCUT2D eigenvalue weighted by atomic mass is 10.0. The molecule has 0 atom stereocenters. The van der Waals surface area contributed by atoms with Crippen molar-refractivity contribution in [2.45, 2.75) is 20.8 Å². The van der Waals surface area contributed by atoms with Crippen LogP contribution in [0.15, 0.2) is 6.07 Å². The number of hydrogen-bond acceptors (Lipinski definition) is 3. The van der Waals surface area contributed by atoms with Crippen LogP contribution in [0.25, 0.3) is 0 Å². The van der Waals surface area contributed by atoms with Crippen molar-refractivity contribution in [3.8, 4) is 11.9 Å². The van der Waals surface area contributed by atoms with E-state index in [-0.39, 0.29) is 0 Å². The number of benzene rings is 1. The largest absolute Gasteiger partial charge is 0.496 e. The third-order valence-corrected chi connectivity index (χ3v) is 2.71. The fourth-order valence-corrected chi connectivity index (χ4v) is 1.75. The van der Waals surface area contributed by atoms with Gasteiger partial charge in [0, 0.05) is 7.05 Å². The van der Waals surface area contributed by atoms with E-state index in [0.29, 0.717) is 0 Å². The molecule has 80 valence electrons. The first-order chi connectivity index (χ1) is 7.02. The molecule has 0 bridgehead atoms. The molecule has 0 aliphatic carbocycles. The molecule has 0 spiro atoms. The highest BCUT2D eigenvalue weighted by atomic mass is 16.5. The van der Waals surface area contributed by atoms with Crippen LogP contribution in [0, 0.1) is 32.2 Å². The fourth-order valence-electron chi connectivity index (χ4n) is 1.75. The molecule has 15 heavy (non-hydrogen) atoms. The topological polar surface area (TPSA) is 36.3 Å². The number of hydrogen-bond donors (Lipinski definition) is 0. The van der Waals surface area contributed by atoms with Crippen molar-refractivity contribution >= 4 is 5.69 Å². The lowest BCUT2D eigenvalue weighted by molar-refractivity contribution is 0.408. The van der Waals surface area contributed by atoms with Crippen molar-refractivity contribution in [3.63, 3.8) is 0 Å². The van der Waals surface area contributed by atoms with Crippen molar-refractivity contribution in [2.24, 2.45) is 0 Å². The van der Waals surface area contributed by atoms with Gasteiger partial charge < -0.3 is 4.74 Å². The maximum absolute atomic E-state index is 8.87. The molecule has 3 heteroatoms. The van der Waals surface area contributed by atoms with Crippen LogP contribution in [0.5, 0.6) is 5.75 Å². The van der Waals surface area contributed by atoms with Crippen LogP contribution in [-0.4, -0.2) is 14.2 Å². The molecule has 0 aromatic heterocycles. The van der Waals surface area contributed by atoms with Crippen LogP contribution in [0.3, 0.4) is 0 Å². The molecular formula is C12H16N2O. The highest BCUT2D eigenvalue weighted by Gasteiger charge is 2.12. The molecule has 1 aromatic carbocycles. The van der Waals surface area contributed by atoms with E-state index < -0.39 is 0 Å². The van der Waals surface area contributed by atoms with E-state index in [1.807, 2.05) is 26.8 Å². The third-order valence-electron chi connectivity index (χ3n) is 2.71. The minimum atomic E-state index is 0.905. The molecule has 0 heterocycles. The molecule has 3 nitrogen and oxygen atoms in total. The van der Waals surface area contributed by atoms with Gasteiger partial charge in [-0.05, 0) is 43.5 Å². The Kier molecular flexibility index (Phi) is 3.21. The lowest BCUT2D eigenvalue weighted by Crippen LogP contribution is -2.11. The molecule has 0 amide bonds. The van der Waals surface area contributed by atoms with Gasteiger partial charge in [0.05, 0.1) is 12.8 Å². The first kappa shape index (κ1) is 11.4. The Morgan fingerprint density at radius 3 is 2.33 bits per heavy atom. The monoisotopic (exact) mass is 204 g/mol. The Balaban J connectivity index is 3.42. The zero-order valence-electron chi connectivity index (χ0n) is 9.88. The first-order valence-corrected chi connectivity index (χ1v) is 4.81. The van der Waals surface area contributed by atoms with Gasteiger partial charge in [-0.25, -0.2) is 0 Å². The Hall–Kier alpha value is -1.69. The van der Waals surface area contributed by atoms with Crippen LogP contribution in [0.1, 0.15) is 16.7 Å². The zero-order valence-corrected chi connectivity index (χ0v) is 9.88. The van der Waals surface area contributed by atoms with Gasteiger partial charge >= 0.3 is 0 Å². The average Bonchev–Trinajstić information content (AvgIpc) is 2.23. The minimum absolute atomic E-state index is 0.905. The van der Waals surface area contributed by atoms with Gasteiger partial charge in [0.1, 0.15) is 5.75 Å². The van der Waals surface area contributed by atoms with E-state index in [1.165, 1.54) is 0 Å². The van der Waals surface area contributed by atoms with Gasteiger partial charge in [-0.15, -0.1) is 0 Å². The predicted octanol–water partition coefficient (Wildman–Crippen LogP) is 2.54. The molecule has 0 radical (unpaired) electrons. The van der Waals surface area contributed by atoms with Crippen molar-refractivity contribution in [2.75, 3.05) is 19.1 Å². The van der Waals surface area contributed by atoms with Crippen LogP contribution >= 0.6 is 0 Å². The number of ether oxygens (including phenoxy) is 1. The minimum Gasteiger partial charge on any atom is -0.496 e. The fraction of sp³-hybridized carbons (Fsp3) is 0.417. The van der Waals surface area contributed by atoms with Gasteiger partial charge in [0.2, 0.25) is 0 Å². The molecule has 0 saturated heterocycles. The lowest BCUT2D eigenvalue weighted by Gasteiger charge is -2.18. The first-order valence-electron chi connectivity index (χ1n) is 4.81. The normalized spacial score (nSPS) is 9.60. The summed E-state index contributed by atoms with van der Waals surface area (Å²) in [6, 6.07) is 1.98. The van der Waals surface area contributed by atoms with Gasteiger partial charge in [0.25, 0.3) is 0 Å². The van der Waals surface area contributed by atoms with Gasteiger partial charge in [-0.3, -0.25) is 4.90 Å². The summed E-state index contributed by atoms with van der Waals surface area (Å²) in [7, 11) is 3.43. The Morgan fingerprint density at radius 1 is 1.27 bits per heavy atom. The summed E-state index contributed by atoms with van der Waals surface area (Å²) >= 11 is 0. The molecule has 0 fully saturated rings. The van der Waals surface area contributed by atoms with Crippen molar-refractivity contribution < 1.29 is 4.74 Å². The number of methoxy groups -OCH3 is 1. The number of rotatable bonds is 2. The number of nitrogens with zero attached hydrogens (tertiary/aromatic N) is 2. The van der Waals surface area contributed by atoms with Crippen LogP contribution in [-0.2, 0) is 0 Å². The zero-order chi connectivity index (χ0) is 11.6. The molecule has 0 aliphatic rings. The summed E-state index contributed by atoms with van der Waals surface area (Å²) in [4.78, 5) is 1.56. The Bertz CT molecular complexity index is 419. The van der Waals surface area contributed by atoms with E-state index in [2.05, 4.69) is 6.19 Å². The third kappa shape index (κ3) is 1.89. The number of aryl methyl sites for hydroxylation is 1. The van der Waals surface area contributed by atoms with E-state index in [4.69, 9.17) is 10.00 Å². The molecule has 1 aromatic rings. The van der Waals surface area contributed by atoms with Crippen LogP contribution in [0.2, 0.25) is 0 Å². The van der Waals surface area contributed by atoms with E-state index >= 15 is 0 Å².